The van der Waals surface area contributed by atoms with Gasteiger partial charge in [-0.1, -0.05) is 12.1 Å². The van der Waals surface area contributed by atoms with Crippen molar-refractivity contribution in [2.75, 3.05) is 32.8 Å². The molecule has 1 aromatic carbocycles. The fraction of sp³-hybridized carbons (Fsp3) is 0.562. The Kier molecular flexibility index (Phi) is 13.2. The molecule has 0 unspecified atom stereocenters. The van der Waals surface area contributed by atoms with Crippen LogP contribution in [0.2, 0.25) is 0 Å². The molecule has 0 spiro atoms. The average Bonchev–Trinajstić information content (AvgIpc) is 2.48. The summed E-state index contributed by atoms with van der Waals surface area (Å²) in [5, 5.41) is 6.41. The molecule has 126 valence electrons. The molecule has 4 nitrogen and oxygen atoms in total. The number of nitrogens with one attached hydrogen (secondary N) is 2. The van der Waals surface area contributed by atoms with Crippen LogP contribution in [0.25, 0.3) is 0 Å². The van der Waals surface area contributed by atoms with Crippen molar-refractivity contribution in [3.63, 3.8) is 0 Å². The zero-order chi connectivity index (χ0) is 15.3. The predicted octanol–water partition coefficient (Wildman–Crippen LogP) is 2.97. The summed E-state index contributed by atoms with van der Waals surface area (Å²) in [4.78, 5) is 4.49. The van der Waals surface area contributed by atoms with E-state index < -0.39 is 0 Å². The lowest BCUT2D eigenvalue weighted by Gasteiger charge is -2.11. The van der Waals surface area contributed by atoms with Crippen LogP contribution >= 0.6 is 24.0 Å². The molecular formula is C16H27FIN3O. The Labute approximate surface area is 149 Å². The van der Waals surface area contributed by atoms with Crippen molar-refractivity contribution in [2.24, 2.45) is 4.99 Å². The Bertz CT molecular complexity index is 430. The van der Waals surface area contributed by atoms with Crippen LogP contribution in [0.5, 0.6) is 0 Å². The minimum absolute atomic E-state index is 0. The average molecular weight is 423 g/mol. The van der Waals surface area contributed by atoms with Crippen molar-refractivity contribution in [2.45, 2.75) is 26.7 Å². The van der Waals surface area contributed by atoms with Crippen LogP contribution in [0.3, 0.4) is 0 Å². The van der Waals surface area contributed by atoms with E-state index in [0.29, 0.717) is 13.2 Å². The third kappa shape index (κ3) is 9.94. The summed E-state index contributed by atoms with van der Waals surface area (Å²) in [7, 11) is 0. The first-order chi connectivity index (χ1) is 10.3. The largest absolute Gasteiger partial charge is 0.380 e. The van der Waals surface area contributed by atoms with Crippen molar-refractivity contribution < 1.29 is 9.13 Å². The van der Waals surface area contributed by atoms with E-state index in [1.165, 1.54) is 6.07 Å². The molecule has 0 aliphatic rings. The van der Waals surface area contributed by atoms with E-state index in [1.54, 1.807) is 12.1 Å². The number of halogens is 2. The maximum Gasteiger partial charge on any atom is 0.191 e. The van der Waals surface area contributed by atoms with Gasteiger partial charge in [0.15, 0.2) is 5.96 Å². The van der Waals surface area contributed by atoms with E-state index in [4.69, 9.17) is 4.74 Å². The number of nitrogens with zero attached hydrogens (tertiary/aromatic N) is 1. The molecule has 0 atom stereocenters. The first-order valence-corrected chi connectivity index (χ1v) is 7.60. The highest BCUT2D eigenvalue weighted by Crippen LogP contribution is 2.06. The normalized spacial score (nSPS) is 11.0. The second-order valence-electron chi connectivity index (χ2n) is 4.62. The van der Waals surface area contributed by atoms with Crippen LogP contribution in [0.1, 0.15) is 25.8 Å². The lowest BCUT2D eigenvalue weighted by atomic mass is 10.1. The SMILES string of the molecule is CCNC(=NCCCc1cccc(F)c1)NCCOCC.I. The van der Waals surface area contributed by atoms with E-state index in [1.807, 2.05) is 19.9 Å². The van der Waals surface area contributed by atoms with E-state index in [0.717, 1.165) is 44.1 Å². The van der Waals surface area contributed by atoms with Gasteiger partial charge < -0.3 is 15.4 Å². The monoisotopic (exact) mass is 423 g/mol. The molecule has 1 rings (SSSR count). The highest BCUT2D eigenvalue weighted by atomic mass is 127. The molecule has 0 radical (unpaired) electrons. The number of rotatable bonds is 9. The Morgan fingerprint density at radius 2 is 2.09 bits per heavy atom. The minimum atomic E-state index is -0.179. The topological polar surface area (TPSA) is 45.7 Å². The molecule has 0 aliphatic carbocycles. The van der Waals surface area contributed by atoms with Gasteiger partial charge >= 0.3 is 0 Å². The second kappa shape index (κ2) is 13.8. The quantitative estimate of drug-likeness (QED) is 0.278. The number of aryl methyl sites for hydroxylation is 1. The van der Waals surface area contributed by atoms with Crippen LogP contribution in [-0.2, 0) is 11.2 Å². The molecule has 0 heterocycles. The zero-order valence-electron chi connectivity index (χ0n) is 13.4. The molecular weight excluding hydrogens is 396 g/mol. The molecule has 22 heavy (non-hydrogen) atoms. The van der Waals surface area contributed by atoms with Gasteiger partial charge in [0.2, 0.25) is 0 Å². The van der Waals surface area contributed by atoms with Crippen LogP contribution < -0.4 is 10.6 Å². The predicted molar refractivity (Wildman–Crippen MR) is 101 cm³/mol. The highest BCUT2D eigenvalue weighted by Gasteiger charge is 1.98. The third-order valence-corrected chi connectivity index (χ3v) is 2.87. The van der Waals surface area contributed by atoms with Crippen LogP contribution in [0.4, 0.5) is 4.39 Å². The number of guanidine groups is 1. The van der Waals surface area contributed by atoms with Crippen LogP contribution in [0, 0.1) is 5.82 Å². The van der Waals surface area contributed by atoms with Crippen LogP contribution in [0.15, 0.2) is 29.3 Å². The fourth-order valence-corrected chi connectivity index (χ4v) is 1.89. The first-order valence-electron chi connectivity index (χ1n) is 7.60. The first kappa shape index (κ1) is 21.1. The van der Waals surface area contributed by atoms with Gasteiger partial charge in [0, 0.05) is 26.2 Å². The maximum atomic E-state index is 13.0. The summed E-state index contributed by atoms with van der Waals surface area (Å²) in [6.45, 7) is 7.68. The van der Waals surface area contributed by atoms with Gasteiger partial charge in [-0.05, 0) is 44.4 Å². The van der Waals surface area contributed by atoms with Crippen molar-refractivity contribution >= 4 is 29.9 Å². The van der Waals surface area contributed by atoms with Gasteiger partial charge in [-0.2, -0.15) is 0 Å². The Hall–Kier alpha value is -0.890. The summed E-state index contributed by atoms with van der Waals surface area (Å²) in [6.07, 6.45) is 1.73. The van der Waals surface area contributed by atoms with Crippen molar-refractivity contribution in [3.8, 4) is 0 Å². The molecule has 0 aliphatic heterocycles. The Morgan fingerprint density at radius 3 is 2.77 bits per heavy atom. The Balaban J connectivity index is 0.00000441. The summed E-state index contributed by atoms with van der Waals surface area (Å²) in [6, 6.07) is 6.73. The van der Waals surface area contributed by atoms with Gasteiger partial charge in [-0.25, -0.2) is 4.39 Å². The standard InChI is InChI=1S/C16H26FN3O.HI/c1-3-18-16(20-11-12-21-4-2)19-10-6-8-14-7-5-9-15(17)13-14;/h5,7,9,13H,3-4,6,8,10-12H2,1-2H3,(H2,18,19,20);1H. The molecule has 1 aromatic rings. The summed E-state index contributed by atoms with van der Waals surface area (Å²) in [5.74, 6) is 0.623. The van der Waals surface area contributed by atoms with Crippen molar-refractivity contribution in [1.82, 2.24) is 10.6 Å². The summed E-state index contributed by atoms with van der Waals surface area (Å²) in [5.41, 5.74) is 1.01. The number of aliphatic imine (C=N–C) groups is 1. The molecule has 6 heteroatoms. The molecule has 2 N–H and O–H groups in total. The smallest absolute Gasteiger partial charge is 0.191 e. The molecule has 0 amide bonds. The van der Waals surface area contributed by atoms with Crippen molar-refractivity contribution in [3.05, 3.63) is 35.6 Å². The van der Waals surface area contributed by atoms with E-state index in [9.17, 15) is 4.39 Å². The zero-order valence-corrected chi connectivity index (χ0v) is 15.7. The third-order valence-electron chi connectivity index (χ3n) is 2.87. The van der Waals surface area contributed by atoms with Gasteiger partial charge in [-0.3, -0.25) is 4.99 Å². The lowest BCUT2D eigenvalue weighted by molar-refractivity contribution is 0.152. The summed E-state index contributed by atoms with van der Waals surface area (Å²) >= 11 is 0. The molecule has 0 saturated heterocycles. The second-order valence-corrected chi connectivity index (χ2v) is 4.62. The van der Waals surface area contributed by atoms with Crippen LogP contribution in [-0.4, -0.2) is 38.8 Å². The maximum absolute atomic E-state index is 13.0. The Morgan fingerprint density at radius 1 is 1.27 bits per heavy atom. The number of benzene rings is 1. The molecule has 0 saturated carbocycles. The van der Waals surface area contributed by atoms with Gasteiger partial charge in [0.25, 0.3) is 0 Å². The number of hydrogen-bond acceptors (Lipinski definition) is 2. The number of ether oxygens (including phenoxy) is 1. The van der Waals surface area contributed by atoms with Gasteiger partial charge in [0.05, 0.1) is 6.61 Å². The lowest BCUT2D eigenvalue weighted by Crippen LogP contribution is -2.39. The van der Waals surface area contributed by atoms with Crippen molar-refractivity contribution in [1.29, 1.82) is 0 Å². The summed E-state index contributed by atoms with van der Waals surface area (Å²) < 4.78 is 18.3. The fourth-order valence-electron chi connectivity index (χ4n) is 1.89. The van der Waals surface area contributed by atoms with Gasteiger partial charge in [-0.15, -0.1) is 24.0 Å². The molecule has 0 fully saturated rings. The van der Waals surface area contributed by atoms with E-state index in [2.05, 4.69) is 15.6 Å². The highest BCUT2D eigenvalue weighted by molar-refractivity contribution is 14.0. The van der Waals surface area contributed by atoms with E-state index >= 15 is 0 Å². The molecule has 0 bridgehead atoms. The van der Waals surface area contributed by atoms with E-state index in [-0.39, 0.29) is 29.8 Å². The van der Waals surface area contributed by atoms with Gasteiger partial charge in [0.1, 0.15) is 5.82 Å². The minimum Gasteiger partial charge on any atom is -0.380 e. The number of hydrogen-bond donors (Lipinski definition) is 2. The molecule has 0 aromatic heterocycles.